The summed E-state index contributed by atoms with van der Waals surface area (Å²) in [6, 6.07) is 0. The highest BCUT2D eigenvalue weighted by Gasteiger charge is 2.51. The van der Waals surface area contributed by atoms with Gasteiger partial charge in [0.15, 0.2) is 0 Å². The van der Waals surface area contributed by atoms with Gasteiger partial charge in [0.25, 0.3) is 0 Å². The molecule has 90 valence electrons. The summed E-state index contributed by atoms with van der Waals surface area (Å²) in [5.41, 5.74) is 0. The summed E-state index contributed by atoms with van der Waals surface area (Å²) in [5, 5.41) is 47.7. The minimum Gasteiger partial charge on any atom is -0.396 e. The summed E-state index contributed by atoms with van der Waals surface area (Å²) in [7, 11) is 0. The minimum absolute atomic E-state index is 0.121. The molecule has 1 aliphatic carbocycles. The van der Waals surface area contributed by atoms with Crippen LogP contribution in [0.25, 0.3) is 0 Å². The lowest BCUT2D eigenvalue weighted by Crippen LogP contribution is -2.39. The van der Waals surface area contributed by atoms with Crippen LogP contribution in [0.4, 0.5) is 0 Å². The Morgan fingerprint density at radius 2 is 1.53 bits per heavy atom. The molecule has 0 bridgehead atoms. The van der Waals surface area contributed by atoms with Gasteiger partial charge in [0.2, 0.25) is 0 Å². The smallest absolute Gasteiger partial charge is 0.0881 e. The summed E-state index contributed by atoms with van der Waals surface area (Å²) >= 11 is 0. The van der Waals surface area contributed by atoms with Crippen LogP contribution in [-0.2, 0) is 0 Å². The van der Waals surface area contributed by atoms with E-state index in [2.05, 4.69) is 0 Å². The van der Waals surface area contributed by atoms with Gasteiger partial charge in [-0.2, -0.15) is 0 Å². The molecule has 0 heterocycles. The van der Waals surface area contributed by atoms with Crippen LogP contribution in [0, 0.1) is 17.8 Å². The Morgan fingerprint density at radius 3 is 1.87 bits per heavy atom. The number of hydrogen-bond acceptors (Lipinski definition) is 5. The van der Waals surface area contributed by atoms with E-state index in [4.69, 9.17) is 5.11 Å². The van der Waals surface area contributed by atoms with Crippen LogP contribution >= 0.6 is 0 Å². The van der Waals surface area contributed by atoms with Crippen molar-refractivity contribution < 1.29 is 25.5 Å². The summed E-state index contributed by atoms with van der Waals surface area (Å²) in [6.07, 6.45) is -4.32. The molecular weight excluding hydrogens is 200 g/mol. The molecule has 1 fully saturated rings. The average molecular weight is 220 g/mol. The highest BCUT2D eigenvalue weighted by atomic mass is 16.4. The van der Waals surface area contributed by atoms with E-state index in [0.717, 1.165) is 0 Å². The van der Waals surface area contributed by atoms with Crippen molar-refractivity contribution >= 4 is 0 Å². The molecule has 0 amide bonds. The fraction of sp³-hybridized carbons (Fsp3) is 1.00. The summed E-state index contributed by atoms with van der Waals surface area (Å²) in [6.45, 7) is 3.13. The molecule has 1 aliphatic rings. The monoisotopic (exact) mass is 220 g/mol. The highest BCUT2D eigenvalue weighted by Crippen LogP contribution is 2.36. The Hall–Kier alpha value is -0.200. The molecule has 0 aromatic carbocycles. The van der Waals surface area contributed by atoms with Gasteiger partial charge in [-0.1, -0.05) is 13.8 Å². The Labute approximate surface area is 89.0 Å². The minimum atomic E-state index is -1.19. The van der Waals surface area contributed by atoms with E-state index in [1.165, 1.54) is 0 Å². The first-order valence-corrected chi connectivity index (χ1v) is 5.25. The lowest BCUT2D eigenvalue weighted by atomic mass is 9.88. The zero-order chi connectivity index (χ0) is 11.7. The van der Waals surface area contributed by atoms with Crippen LogP contribution in [-0.4, -0.2) is 56.6 Å². The van der Waals surface area contributed by atoms with Gasteiger partial charge in [0, 0.05) is 11.8 Å². The molecule has 0 aromatic rings. The molecular formula is C10H20O5. The van der Waals surface area contributed by atoms with Gasteiger partial charge in [-0.15, -0.1) is 0 Å². The van der Waals surface area contributed by atoms with Gasteiger partial charge in [-0.05, 0) is 5.92 Å². The standard InChI is InChI=1S/C10H20O5/c1-4(2)7(12)6-8(13)5(3-11)9(14)10(6)15/h4-15H,3H2,1-2H3/t5?,6?,7-,8?,9+,10?/m0/s1. The van der Waals surface area contributed by atoms with Crippen molar-refractivity contribution in [3.63, 3.8) is 0 Å². The first-order valence-electron chi connectivity index (χ1n) is 5.25. The summed E-state index contributed by atoms with van der Waals surface area (Å²) < 4.78 is 0. The summed E-state index contributed by atoms with van der Waals surface area (Å²) in [4.78, 5) is 0. The maximum atomic E-state index is 9.79. The number of hydrogen-bond donors (Lipinski definition) is 5. The Balaban J connectivity index is 2.82. The van der Waals surface area contributed by atoms with Crippen LogP contribution < -0.4 is 0 Å². The molecule has 1 saturated carbocycles. The predicted molar refractivity (Wildman–Crippen MR) is 52.9 cm³/mol. The average Bonchev–Trinajstić information content (AvgIpc) is 2.37. The number of rotatable bonds is 3. The molecule has 0 saturated heterocycles. The third kappa shape index (κ3) is 2.16. The molecule has 0 aliphatic heterocycles. The molecule has 5 N–H and O–H groups in total. The zero-order valence-electron chi connectivity index (χ0n) is 8.98. The Morgan fingerprint density at radius 1 is 1.00 bits per heavy atom. The number of aliphatic hydroxyl groups excluding tert-OH is 5. The first-order chi connectivity index (χ1) is 6.91. The van der Waals surface area contributed by atoms with Gasteiger partial charge in [-0.3, -0.25) is 0 Å². The molecule has 15 heavy (non-hydrogen) atoms. The van der Waals surface area contributed by atoms with Crippen molar-refractivity contribution in [2.24, 2.45) is 17.8 Å². The quantitative estimate of drug-likeness (QED) is 0.391. The third-order valence-corrected chi connectivity index (χ3v) is 3.30. The highest BCUT2D eigenvalue weighted by molar-refractivity contribution is 5.00. The van der Waals surface area contributed by atoms with Crippen LogP contribution in [0.2, 0.25) is 0 Å². The molecule has 4 unspecified atom stereocenters. The molecule has 6 atom stereocenters. The van der Waals surface area contributed by atoms with Gasteiger partial charge < -0.3 is 25.5 Å². The van der Waals surface area contributed by atoms with Crippen LogP contribution in [0.3, 0.4) is 0 Å². The maximum Gasteiger partial charge on any atom is 0.0881 e. The van der Waals surface area contributed by atoms with Crippen molar-refractivity contribution in [2.45, 2.75) is 38.3 Å². The van der Waals surface area contributed by atoms with E-state index in [1.54, 1.807) is 13.8 Å². The van der Waals surface area contributed by atoms with E-state index in [9.17, 15) is 20.4 Å². The lowest BCUT2D eigenvalue weighted by molar-refractivity contribution is -0.0571. The van der Waals surface area contributed by atoms with Crippen LogP contribution in [0.5, 0.6) is 0 Å². The molecule has 1 rings (SSSR count). The van der Waals surface area contributed by atoms with Gasteiger partial charge >= 0.3 is 0 Å². The molecule has 5 heteroatoms. The van der Waals surface area contributed by atoms with E-state index in [0.29, 0.717) is 0 Å². The van der Waals surface area contributed by atoms with Crippen molar-refractivity contribution in [3.8, 4) is 0 Å². The topological polar surface area (TPSA) is 101 Å². The SMILES string of the molecule is CC(C)[C@H](O)C1C(O)C(CO)[C@@H](O)C1O. The normalized spacial score (nSPS) is 43.6. The zero-order valence-corrected chi connectivity index (χ0v) is 8.98. The Kier molecular flexibility index (Phi) is 4.08. The number of aliphatic hydroxyl groups is 5. The van der Waals surface area contributed by atoms with Gasteiger partial charge in [0.05, 0.1) is 31.0 Å². The largest absolute Gasteiger partial charge is 0.396 e. The van der Waals surface area contributed by atoms with Gasteiger partial charge in [-0.25, -0.2) is 0 Å². The molecule has 0 radical (unpaired) electrons. The second-order valence-electron chi connectivity index (χ2n) is 4.63. The second-order valence-corrected chi connectivity index (χ2v) is 4.63. The predicted octanol–water partition coefficient (Wildman–Crippen LogP) is -1.68. The lowest BCUT2D eigenvalue weighted by Gasteiger charge is -2.27. The third-order valence-electron chi connectivity index (χ3n) is 3.30. The van der Waals surface area contributed by atoms with E-state index in [1.807, 2.05) is 0 Å². The molecule has 0 aromatic heterocycles. The first kappa shape index (κ1) is 12.9. The second kappa shape index (κ2) is 4.76. The molecule has 5 nitrogen and oxygen atoms in total. The maximum absolute atomic E-state index is 9.79. The van der Waals surface area contributed by atoms with Crippen molar-refractivity contribution in [2.75, 3.05) is 6.61 Å². The van der Waals surface area contributed by atoms with Crippen LogP contribution in [0.15, 0.2) is 0 Å². The van der Waals surface area contributed by atoms with Gasteiger partial charge in [0.1, 0.15) is 0 Å². The van der Waals surface area contributed by atoms with Crippen molar-refractivity contribution in [1.29, 1.82) is 0 Å². The molecule has 0 spiro atoms. The van der Waals surface area contributed by atoms with Crippen LogP contribution in [0.1, 0.15) is 13.8 Å². The van der Waals surface area contributed by atoms with E-state index >= 15 is 0 Å². The van der Waals surface area contributed by atoms with E-state index in [-0.39, 0.29) is 5.92 Å². The van der Waals surface area contributed by atoms with Crippen molar-refractivity contribution in [3.05, 3.63) is 0 Å². The summed E-state index contributed by atoms with van der Waals surface area (Å²) in [5.74, 6) is -1.69. The fourth-order valence-corrected chi connectivity index (χ4v) is 2.23. The Bertz CT molecular complexity index is 208. The van der Waals surface area contributed by atoms with Crippen molar-refractivity contribution in [1.82, 2.24) is 0 Å². The fourth-order valence-electron chi connectivity index (χ4n) is 2.23. The van der Waals surface area contributed by atoms with E-state index < -0.39 is 42.9 Å².